The zero-order valence-corrected chi connectivity index (χ0v) is 10.0. The number of nitrogens with two attached hydrogens (primary N) is 1. The Bertz CT molecular complexity index is 333. The molecule has 0 heterocycles. The van der Waals surface area contributed by atoms with Crippen LogP contribution in [0.1, 0.15) is 10.8 Å². The van der Waals surface area contributed by atoms with Crippen LogP contribution in [0, 0.1) is 0 Å². The molecule has 0 bridgehead atoms. The second kappa shape index (κ2) is 5.12. The van der Waals surface area contributed by atoms with Crippen LogP contribution in [0.2, 0.25) is 10.0 Å². The van der Waals surface area contributed by atoms with E-state index in [1.807, 2.05) is 0 Å². The summed E-state index contributed by atoms with van der Waals surface area (Å²) in [6, 6.07) is 3.39. The third kappa shape index (κ3) is 2.48. The van der Waals surface area contributed by atoms with Gasteiger partial charge in [0.2, 0.25) is 0 Å². The second-order valence-electron chi connectivity index (χ2n) is 2.76. The summed E-state index contributed by atoms with van der Waals surface area (Å²) in [7, 11) is 1.54. The molecule has 0 aliphatic carbocycles. The molecule has 1 unspecified atom stereocenters. The van der Waals surface area contributed by atoms with E-state index in [4.69, 9.17) is 33.7 Å². The first-order chi connectivity index (χ1) is 6.60. The third-order valence-corrected chi connectivity index (χ3v) is 2.97. The number of thiol groups is 1. The lowest BCUT2D eigenvalue weighted by Gasteiger charge is -2.12. The van der Waals surface area contributed by atoms with Crippen molar-refractivity contribution in [3.63, 3.8) is 0 Å². The van der Waals surface area contributed by atoms with E-state index in [9.17, 15) is 0 Å². The van der Waals surface area contributed by atoms with Gasteiger partial charge in [0.05, 0.1) is 12.1 Å². The summed E-state index contributed by atoms with van der Waals surface area (Å²) >= 11 is 16.2. The highest BCUT2D eigenvalue weighted by Crippen LogP contribution is 2.35. The van der Waals surface area contributed by atoms with Crippen LogP contribution >= 0.6 is 35.8 Å². The number of benzene rings is 1. The van der Waals surface area contributed by atoms with Crippen LogP contribution in [0.25, 0.3) is 0 Å². The Hall–Kier alpha value is -0.0900. The van der Waals surface area contributed by atoms with E-state index in [0.29, 0.717) is 22.3 Å². The normalized spacial score (nSPS) is 12.6. The largest absolute Gasteiger partial charge is 0.495 e. The average Bonchev–Trinajstić information content (AvgIpc) is 2.19. The van der Waals surface area contributed by atoms with Crippen LogP contribution < -0.4 is 10.5 Å². The SMILES string of the molecule is COc1cc(Cl)c(C(S)CN)cc1Cl. The minimum Gasteiger partial charge on any atom is -0.495 e. The lowest BCUT2D eigenvalue weighted by molar-refractivity contribution is 0.415. The summed E-state index contributed by atoms with van der Waals surface area (Å²) in [6.45, 7) is 0.408. The lowest BCUT2D eigenvalue weighted by Crippen LogP contribution is -2.07. The maximum absolute atomic E-state index is 6.01. The van der Waals surface area contributed by atoms with Crippen molar-refractivity contribution >= 4 is 35.8 Å². The van der Waals surface area contributed by atoms with E-state index in [2.05, 4.69) is 12.6 Å². The smallest absolute Gasteiger partial charge is 0.138 e. The fourth-order valence-electron chi connectivity index (χ4n) is 1.08. The van der Waals surface area contributed by atoms with Crippen molar-refractivity contribution in [1.29, 1.82) is 0 Å². The van der Waals surface area contributed by atoms with Gasteiger partial charge in [-0.3, -0.25) is 0 Å². The Balaban J connectivity index is 3.14. The quantitative estimate of drug-likeness (QED) is 0.811. The number of halogens is 2. The fraction of sp³-hybridized carbons (Fsp3) is 0.333. The number of rotatable bonds is 3. The predicted octanol–water partition coefficient (Wildman–Crippen LogP) is 2.93. The molecule has 0 aliphatic heterocycles. The molecule has 0 fully saturated rings. The van der Waals surface area contributed by atoms with Crippen LogP contribution in [0.15, 0.2) is 12.1 Å². The second-order valence-corrected chi connectivity index (χ2v) is 4.20. The summed E-state index contributed by atoms with van der Waals surface area (Å²) in [4.78, 5) is 0. The van der Waals surface area contributed by atoms with Gasteiger partial charge < -0.3 is 10.5 Å². The summed E-state index contributed by atoms with van der Waals surface area (Å²) in [5.41, 5.74) is 6.31. The van der Waals surface area contributed by atoms with Gasteiger partial charge in [0.1, 0.15) is 5.75 Å². The molecule has 5 heteroatoms. The van der Waals surface area contributed by atoms with Crippen LogP contribution in [-0.2, 0) is 0 Å². The van der Waals surface area contributed by atoms with Gasteiger partial charge in [-0.15, -0.1) is 0 Å². The Morgan fingerprint density at radius 2 is 2.07 bits per heavy atom. The van der Waals surface area contributed by atoms with Crippen molar-refractivity contribution in [3.8, 4) is 5.75 Å². The molecule has 2 nitrogen and oxygen atoms in total. The summed E-state index contributed by atoms with van der Waals surface area (Å²) in [5.74, 6) is 0.554. The molecule has 0 saturated carbocycles. The van der Waals surface area contributed by atoms with E-state index in [-0.39, 0.29) is 5.25 Å². The van der Waals surface area contributed by atoms with Crippen molar-refractivity contribution in [2.45, 2.75) is 5.25 Å². The van der Waals surface area contributed by atoms with E-state index in [1.54, 1.807) is 19.2 Å². The van der Waals surface area contributed by atoms with Crippen LogP contribution in [-0.4, -0.2) is 13.7 Å². The Morgan fingerprint density at radius 3 is 2.57 bits per heavy atom. The van der Waals surface area contributed by atoms with Crippen LogP contribution in [0.5, 0.6) is 5.75 Å². The van der Waals surface area contributed by atoms with Crippen molar-refractivity contribution < 1.29 is 4.74 Å². The molecule has 1 aromatic carbocycles. The summed E-state index contributed by atoms with van der Waals surface area (Å²) < 4.78 is 5.02. The van der Waals surface area contributed by atoms with Crippen molar-refractivity contribution in [2.75, 3.05) is 13.7 Å². The summed E-state index contributed by atoms with van der Waals surface area (Å²) in [5, 5.41) is 0.974. The van der Waals surface area contributed by atoms with Gasteiger partial charge in [-0.25, -0.2) is 0 Å². The molecule has 0 spiro atoms. The highest BCUT2D eigenvalue weighted by Gasteiger charge is 2.12. The molecule has 1 atom stereocenters. The Kier molecular flexibility index (Phi) is 4.38. The first kappa shape index (κ1) is 12.0. The molecule has 0 amide bonds. The lowest BCUT2D eigenvalue weighted by atomic mass is 10.1. The molecule has 0 saturated heterocycles. The van der Waals surface area contributed by atoms with Gasteiger partial charge in [0.25, 0.3) is 0 Å². The van der Waals surface area contributed by atoms with Crippen molar-refractivity contribution in [3.05, 3.63) is 27.7 Å². The highest BCUT2D eigenvalue weighted by atomic mass is 35.5. The predicted molar refractivity (Wildman–Crippen MR) is 63.8 cm³/mol. The molecular weight excluding hydrogens is 241 g/mol. The standard InChI is InChI=1S/C9H11Cl2NOS/c1-13-8-3-6(10)5(2-7(8)11)9(14)4-12/h2-3,9,14H,4,12H2,1H3. The maximum atomic E-state index is 6.01. The molecule has 14 heavy (non-hydrogen) atoms. The number of ether oxygens (including phenoxy) is 1. The molecule has 0 radical (unpaired) electrons. The van der Waals surface area contributed by atoms with Crippen molar-refractivity contribution in [1.82, 2.24) is 0 Å². The number of hydrogen-bond acceptors (Lipinski definition) is 3. The van der Waals surface area contributed by atoms with E-state index in [1.165, 1.54) is 0 Å². The van der Waals surface area contributed by atoms with Gasteiger partial charge in [-0.1, -0.05) is 23.2 Å². The van der Waals surface area contributed by atoms with Crippen LogP contribution in [0.4, 0.5) is 0 Å². The maximum Gasteiger partial charge on any atom is 0.138 e. The first-order valence-electron chi connectivity index (χ1n) is 4.01. The van der Waals surface area contributed by atoms with Crippen LogP contribution in [0.3, 0.4) is 0 Å². The molecular formula is C9H11Cl2NOS. The Labute approximate surface area is 98.7 Å². The molecule has 1 aromatic rings. The first-order valence-corrected chi connectivity index (χ1v) is 5.28. The zero-order valence-electron chi connectivity index (χ0n) is 7.63. The minimum absolute atomic E-state index is 0.106. The molecule has 0 aliphatic rings. The molecule has 78 valence electrons. The van der Waals surface area contributed by atoms with Gasteiger partial charge in [-0.05, 0) is 11.6 Å². The average molecular weight is 252 g/mol. The monoisotopic (exact) mass is 251 g/mol. The Morgan fingerprint density at radius 1 is 1.43 bits per heavy atom. The zero-order chi connectivity index (χ0) is 10.7. The molecule has 0 aromatic heterocycles. The minimum atomic E-state index is -0.106. The van der Waals surface area contributed by atoms with Gasteiger partial charge in [0.15, 0.2) is 0 Å². The number of hydrogen-bond donors (Lipinski definition) is 2. The van der Waals surface area contributed by atoms with E-state index in [0.717, 1.165) is 5.56 Å². The topological polar surface area (TPSA) is 35.2 Å². The summed E-state index contributed by atoms with van der Waals surface area (Å²) in [6.07, 6.45) is 0. The molecule has 1 rings (SSSR count). The highest BCUT2D eigenvalue weighted by molar-refractivity contribution is 7.80. The van der Waals surface area contributed by atoms with Gasteiger partial charge in [-0.2, -0.15) is 12.6 Å². The van der Waals surface area contributed by atoms with Gasteiger partial charge in [0, 0.05) is 22.9 Å². The third-order valence-electron chi connectivity index (χ3n) is 1.85. The number of methoxy groups -OCH3 is 1. The fourth-order valence-corrected chi connectivity index (χ4v) is 1.91. The molecule has 2 N–H and O–H groups in total. The van der Waals surface area contributed by atoms with Gasteiger partial charge >= 0.3 is 0 Å². The van der Waals surface area contributed by atoms with E-state index >= 15 is 0 Å². The van der Waals surface area contributed by atoms with E-state index < -0.39 is 0 Å². The van der Waals surface area contributed by atoms with Crippen molar-refractivity contribution in [2.24, 2.45) is 5.73 Å².